The van der Waals surface area contributed by atoms with E-state index in [9.17, 15) is 0 Å². The van der Waals surface area contributed by atoms with Crippen molar-refractivity contribution in [3.63, 3.8) is 0 Å². The summed E-state index contributed by atoms with van der Waals surface area (Å²) in [5.41, 5.74) is 6.77. The Morgan fingerprint density at radius 1 is 0.906 bits per heavy atom. The summed E-state index contributed by atoms with van der Waals surface area (Å²) in [5, 5.41) is 4.27. The molecule has 0 radical (unpaired) electrons. The van der Waals surface area contributed by atoms with E-state index in [0.717, 1.165) is 22.2 Å². The summed E-state index contributed by atoms with van der Waals surface area (Å²) in [7, 11) is 0. The monoisotopic (exact) mass is 439 g/mol. The molecule has 0 amide bonds. The molecule has 1 aromatic carbocycles. The van der Waals surface area contributed by atoms with E-state index in [1.807, 2.05) is 48.8 Å². The number of rotatable bonds is 5. The van der Waals surface area contributed by atoms with Crippen LogP contribution < -0.4 is 5.32 Å². The van der Waals surface area contributed by atoms with Crippen molar-refractivity contribution < 1.29 is 0 Å². The number of pyridine rings is 2. The first-order valence-corrected chi connectivity index (χ1v) is 11.2. The number of nitrogens with one attached hydrogen (secondary N) is 1. The average molecular weight is 440 g/mol. The lowest BCUT2D eigenvalue weighted by atomic mass is 9.96. The smallest absolute Gasteiger partial charge is 0.170 e. The van der Waals surface area contributed by atoms with Crippen molar-refractivity contribution in [3.8, 4) is 5.69 Å². The van der Waals surface area contributed by atoms with E-state index in [2.05, 4.69) is 75.0 Å². The number of para-hydroxylation sites is 1. The molecule has 1 aliphatic rings. The van der Waals surface area contributed by atoms with Crippen molar-refractivity contribution in [2.45, 2.75) is 32.5 Å². The maximum atomic E-state index is 5.82. The van der Waals surface area contributed by atoms with Gasteiger partial charge < -0.3 is 14.8 Å². The molecule has 1 aliphatic heterocycles. The predicted molar refractivity (Wildman–Crippen MR) is 130 cm³/mol. The Bertz CT molecular complexity index is 1220. The van der Waals surface area contributed by atoms with Crippen LogP contribution in [0.15, 0.2) is 85.2 Å². The normalized spacial score (nSPS) is 18.1. The minimum atomic E-state index is -0.0443. The van der Waals surface area contributed by atoms with Gasteiger partial charge in [-0.3, -0.25) is 9.97 Å². The highest BCUT2D eigenvalue weighted by atomic mass is 32.1. The molecule has 5 nitrogen and oxygen atoms in total. The molecule has 0 aliphatic carbocycles. The Kier molecular flexibility index (Phi) is 5.45. The standard InChI is InChI=1S/C26H25N5S/c1-18-16-22(19(2)31(18)21-11-4-3-5-12-21)25-24(23-13-7-9-15-28-23)29-26(32)30(25)17-20-10-6-8-14-27-20/h3-16,24-25H,17H2,1-2H3,(H,29,32)/t24-,25-/m0/s1. The van der Waals surface area contributed by atoms with Crippen LogP contribution in [0.2, 0.25) is 0 Å². The van der Waals surface area contributed by atoms with E-state index >= 15 is 0 Å². The molecule has 0 bridgehead atoms. The van der Waals surface area contributed by atoms with Crippen LogP contribution in [-0.2, 0) is 6.54 Å². The first-order valence-electron chi connectivity index (χ1n) is 10.8. The van der Waals surface area contributed by atoms with Gasteiger partial charge in [0.25, 0.3) is 0 Å². The number of aromatic nitrogens is 3. The van der Waals surface area contributed by atoms with Crippen LogP contribution >= 0.6 is 12.2 Å². The Hall–Kier alpha value is -3.51. The first-order chi connectivity index (χ1) is 15.6. The quantitative estimate of drug-likeness (QED) is 0.441. The molecule has 4 heterocycles. The van der Waals surface area contributed by atoms with Crippen LogP contribution in [0.4, 0.5) is 0 Å². The highest BCUT2D eigenvalue weighted by molar-refractivity contribution is 7.80. The predicted octanol–water partition coefficient (Wildman–Crippen LogP) is 5.06. The van der Waals surface area contributed by atoms with E-state index in [1.54, 1.807) is 0 Å². The van der Waals surface area contributed by atoms with E-state index in [-0.39, 0.29) is 12.1 Å². The zero-order valence-corrected chi connectivity index (χ0v) is 19.0. The van der Waals surface area contributed by atoms with Crippen molar-refractivity contribution in [3.05, 3.63) is 114 Å². The zero-order valence-electron chi connectivity index (χ0n) is 18.1. The van der Waals surface area contributed by atoms with Crippen LogP contribution in [0.25, 0.3) is 5.69 Å². The largest absolute Gasteiger partial charge is 0.352 e. The van der Waals surface area contributed by atoms with Crippen LogP contribution in [0.3, 0.4) is 0 Å². The van der Waals surface area contributed by atoms with Gasteiger partial charge >= 0.3 is 0 Å². The Balaban J connectivity index is 1.62. The minimum absolute atomic E-state index is 0.00284. The number of hydrogen-bond donors (Lipinski definition) is 1. The summed E-state index contributed by atoms with van der Waals surface area (Å²) in [6.07, 6.45) is 3.67. The lowest BCUT2D eigenvalue weighted by Gasteiger charge is -2.28. The van der Waals surface area contributed by atoms with Crippen LogP contribution in [-0.4, -0.2) is 24.5 Å². The molecule has 5 rings (SSSR count). The zero-order chi connectivity index (χ0) is 22.1. The molecule has 160 valence electrons. The first kappa shape index (κ1) is 20.4. The Morgan fingerprint density at radius 3 is 2.31 bits per heavy atom. The number of aryl methyl sites for hydroxylation is 1. The maximum absolute atomic E-state index is 5.82. The summed E-state index contributed by atoms with van der Waals surface area (Å²) < 4.78 is 2.31. The van der Waals surface area contributed by atoms with E-state index in [1.165, 1.54) is 17.0 Å². The van der Waals surface area contributed by atoms with Gasteiger partial charge in [-0.1, -0.05) is 30.3 Å². The van der Waals surface area contributed by atoms with Crippen molar-refractivity contribution in [2.75, 3.05) is 0 Å². The number of thiocarbonyl (C=S) groups is 1. The van der Waals surface area contributed by atoms with Gasteiger partial charge in [-0.15, -0.1) is 0 Å². The molecule has 3 aromatic heterocycles. The number of nitrogens with zero attached hydrogens (tertiary/aromatic N) is 4. The van der Waals surface area contributed by atoms with E-state index in [4.69, 9.17) is 12.2 Å². The summed E-state index contributed by atoms with van der Waals surface area (Å²) in [6.45, 7) is 4.98. The molecular formula is C26H25N5S. The van der Waals surface area contributed by atoms with Gasteiger partial charge in [-0.2, -0.15) is 0 Å². The van der Waals surface area contributed by atoms with Crippen molar-refractivity contribution in [1.82, 2.24) is 24.8 Å². The molecule has 0 spiro atoms. The molecule has 1 fully saturated rings. The van der Waals surface area contributed by atoms with Crippen LogP contribution in [0, 0.1) is 13.8 Å². The second-order valence-corrected chi connectivity index (χ2v) is 8.46. The lowest BCUT2D eigenvalue weighted by molar-refractivity contribution is 0.307. The summed E-state index contributed by atoms with van der Waals surface area (Å²) in [4.78, 5) is 11.4. The van der Waals surface area contributed by atoms with Gasteiger partial charge in [0.2, 0.25) is 0 Å². The van der Waals surface area contributed by atoms with Crippen LogP contribution in [0.1, 0.15) is 40.4 Å². The fourth-order valence-corrected chi connectivity index (χ4v) is 4.95. The van der Waals surface area contributed by atoms with Gasteiger partial charge in [0.05, 0.1) is 30.0 Å². The Labute approximate surface area is 193 Å². The molecule has 32 heavy (non-hydrogen) atoms. The summed E-state index contributed by atoms with van der Waals surface area (Å²) in [5.74, 6) is 0. The molecule has 6 heteroatoms. The van der Waals surface area contributed by atoms with E-state index in [0.29, 0.717) is 6.54 Å². The molecule has 0 unspecified atom stereocenters. The van der Waals surface area contributed by atoms with E-state index < -0.39 is 0 Å². The fourth-order valence-electron chi connectivity index (χ4n) is 4.64. The van der Waals surface area contributed by atoms with Crippen LogP contribution in [0.5, 0.6) is 0 Å². The molecule has 2 atom stereocenters. The summed E-state index contributed by atoms with van der Waals surface area (Å²) in [6, 6.07) is 24.7. The number of benzene rings is 1. The van der Waals surface area contributed by atoms with Gasteiger partial charge in [0, 0.05) is 29.5 Å². The Morgan fingerprint density at radius 2 is 1.62 bits per heavy atom. The third-order valence-corrected chi connectivity index (χ3v) is 6.41. The molecule has 1 N–H and O–H groups in total. The second kappa shape index (κ2) is 8.55. The minimum Gasteiger partial charge on any atom is -0.352 e. The molecule has 1 saturated heterocycles. The van der Waals surface area contributed by atoms with Gasteiger partial charge in [-0.05, 0) is 74.1 Å². The maximum Gasteiger partial charge on any atom is 0.170 e. The highest BCUT2D eigenvalue weighted by Gasteiger charge is 2.41. The topological polar surface area (TPSA) is 46.0 Å². The van der Waals surface area contributed by atoms with Crippen molar-refractivity contribution >= 4 is 17.3 Å². The van der Waals surface area contributed by atoms with Crippen molar-refractivity contribution in [2.24, 2.45) is 0 Å². The summed E-state index contributed by atoms with van der Waals surface area (Å²) >= 11 is 5.82. The van der Waals surface area contributed by atoms with Gasteiger partial charge in [0.1, 0.15) is 0 Å². The SMILES string of the molecule is Cc1cc([C@H]2[C@H](c3ccccn3)NC(=S)N2Cc2ccccn2)c(C)n1-c1ccccc1. The lowest BCUT2D eigenvalue weighted by Crippen LogP contribution is -2.29. The highest BCUT2D eigenvalue weighted by Crippen LogP contribution is 2.42. The van der Waals surface area contributed by atoms with Crippen molar-refractivity contribution in [1.29, 1.82) is 0 Å². The van der Waals surface area contributed by atoms with Gasteiger partial charge in [0.15, 0.2) is 5.11 Å². The number of hydrogen-bond acceptors (Lipinski definition) is 3. The molecule has 0 saturated carbocycles. The third-order valence-electron chi connectivity index (χ3n) is 6.06. The fraction of sp³-hybridized carbons (Fsp3) is 0.192. The molecule has 4 aromatic rings. The third kappa shape index (κ3) is 3.67. The average Bonchev–Trinajstić information content (AvgIpc) is 3.30. The molecular weight excluding hydrogens is 414 g/mol. The van der Waals surface area contributed by atoms with Gasteiger partial charge in [-0.25, -0.2) is 0 Å². The second-order valence-electron chi connectivity index (χ2n) is 8.07.